The first-order valence-electron chi connectivity index (χ1n) is 3.28. The minimum atomic E-state index is -2.41. The van der Waals surface area contributed by atoms with Crippen LogP contribution in [0.15, 0.2) is 18.2 Å². The Bertz CT molecular complexity index is 311. The van der Waals surface area contributed by atoms with Gasteiger partial charge in [0.15, 0.2) is 0 Å². The molecule has 0 amide bonds. The van der Waals surface area contributed by atoms with Crippen LogP contribution in [0.1, 0.15) is 5.56 Å². The van der Waals surface area contributed by atoms with E-state index in [2.05, 4.69) is 4.18 Å². The van der Waals surface area contributed by atoms with Gasteiger partial charge in [-0.25, -0.2) is 4.39 Å². The van der Waals surface area contributed by atoms with Gasteiger partial charge in [0.25, 0.3) is 0 Å². The number of halogens is 2. The van der Waals surface area contributed by atoms with Gasteiger partial charge in [-0.3, -0.25) is 8.74 Å². The van der Waals surface area contributed by atoms with Crippen molar-refractivity contribution < 1.29 is 17.3 Å². The van der Waals surface area contributed by atoms with Crippen LogP contribution in [0.4, 0.5) is 4.39 Å². The van der Waals surface area contributed by atoms with E-state index in [4.69, 9.17) is 16.2 Å². The van der Waals surface area contributed by atoms with Gasteiger partial charge in [-0.2, -0.15) is 4.21 Å². The average Bonchev–Trinajstić information content (AvgIpc) is 2.03. The van der Waals surface area contributed by atoms with Crippen molar-refractivity contribution in [2.75, 3.05) is 0 Å². The quantitative estimate of drug-likeness (QED) is 0.801. The molecule has 1 atom stereocenters. The van der Waals surface area contributed by atoms with Crippen LogP contribution in [-0.2, 0) is 22.2 Å². The molecule has 13 heavy (non-hydrogen) atoms. The molecular weight excluding hydrogens is 219 g/mol. The lowest BCUT2D eigenvalue weighted by atomic mass is 10.2. The highest BCUT2D eigenvalue weighted by Crippen LogP contribution is 2.19. The van der Waals surface area contributed by atoms with Crippen molar-refractivity contribution in [1.82, 2.24) is 0 Å². The molecule has 3 nitrogen and oxygen atoms in total. The van der Waals surface area contributed by atoms with E-state index in [1.807, 2.05) is 0 Å². The van der Waals surface area contributed by atoms with E-state index in [0.29, 0.717) is 0 Å². The standard InChI is InChI=1S/C7H6ClFO3S/c8-6-2-1-3-7(9)5(6)4-12-13(10)11/h1-3H,4H2,(H,10,11). The van der Waals surface area contributed by atoms with Gasteiger partial charge in [-0.15, -0.1) is 0 Å². The molecule has 1 unspecified atom stereocenters. The Morgan fingerprint density at radius 2 is 2.31 bits per heavy atom. The van der Waals surface area contributed by atoms with Crippen LogP contribution in [-0.4, -0.2) is 8.76 Å². The number of rotatable bonds is 3. The molecule has 0 saturated carbocycles. The number of hydrogen-bond donors (Lipinski definition) is 1. The van der Waals surface area contributed by atoms with Gasteiger partial charge in [0.05, 0.1) is 6.61 Å². The molecule has 0 aromatic heterocycles. The normalized spacial score (nSPS) is 12.8. The first-order valence-corrected chi connectivity index (χ1v) is 4.69. The molecule has 0 bridgehead atoms. The molecule has 0 aliphatic carbocycles. The fourth-order valence-corrected chi connectivity index (χ4v) is 1.22. The zero-order chi connectivity index (χ0) is 9.84. The van der Waals surface area contributed by atoms with Gasteiger partial charge in [0.2, 0.25) is 0 Å². The highest BCUT2D eigenvalue weighted by molar-refractivity contribution is 7.74. The van der Waals surface area contributed by atoms with Crippen molar-refractivity contribution in [3.63, 3.8) is 0 Å². The predicted molar refractivity (Wildman–Crippen MR) is 47.0 cm³/mol. The molecule has 0 spiro atoms. The molecule has 72 valence electrons. The zero-order valence-electron chi connectivity index (χ0n) is 6.37. The Labute approximate surface area is 82.0 Å². The monoisotopic (exact) mass is 224 g/mol. The molecule has 1 N–H and O–H groups in total. The highest BCUT2D eigenvalue weighted by atomic mass is 35.5. The summed E-state index contributed by atoms with van der Waals surface area (Å²) in [5.74, 6) is -0.557. The fourth-order valence-electron chi connectivity index (χ4n) is 0.780. The van der Waals surface area contributed by atoms with E-state index in [9.17, 15) is 8.60 Å². The zero-order valence-corrected chi connectivity index (χ0v) is 7.94. The van der Waals surface area contributed by atoms with Crippen molar-refractivity contribution in [3.8, 4) is 0 Å². The summed E-state index contributed by atoms with van der Waals surface area (Å²) >= 11 is 3.20. The lowest BCUT2D eigenvalue weighted by Crippen LogP contribution is -1.99. The molecule has 1 rings (SSSR count). The Morgan fingerprint density at radius 1 is 1.62 bits per heavy atom. The molecule has 0 aliphatic rings. The van der Waals surface area contributed by atoms with Crippen LogP contribution in [0.3, 0.4) is 0 Å². The molecule has 1 aromatic carbocycles. The SMILES string of the molecule is O=S(O)OCc1c(F)cccc1Cl. The maximum Gasteiger partial charge on any atom is 0.302 e. The molecule has 0 heterocycles. The molecule has 0 aliphatic heterocycles. The minimum absolute atomic E-state index is 0.0755. The second kappa shape index (κ2) is 4.66. The highest BCUT2D eigenvalue weighted by Gasteiger charge is 2.07. The lowest BCUT2D eigenvalue weighted by Gasteiger charge is -2.03. The van der Waals surface area contributed by atoms with Crippen LogP contribution < -0.4 is 0 Å². The van der Waals surface area contributed by atoms with Crippen molar-refractivity contribution in [2.24, 2.45) is 0 Å². The molecule has 0 radical (unpaired) electrons. The maximum atomic E-state index is 13.0. The Kier molecular flexibility index (Phi) is 3.80. The average molecular weight is 225 g/mol. The summed E-state index contributed by atoms with van der Waals surface area (Å²) in [4.78, 5) is 0. The molecular formula is C7H6ClFO3S. The van der Waals surface area contributed by atoms with E-state index < -0.39 is 17.2 Å². The summed E-state index contributed by atoms with van der Waals surface area (Å²) in [5.41, 5.74) is 0.0755. The maximum absolute atomic E-state index is 13.0. The van der Waals surface area contributed by atoms with Gasteiger partial charge in [0.1, 0.15) is 5.82 Å². The van der Waals surface area contributed by atoms with Crippen LogP contribution >= 0.6 is 11.6 Å². The predicted octanol–water partition coefficient (Wildman–Crippen LogP) is 2.13. The summed E-state index contributed by atoms with van der Waals surface area (Å²) < 4.78 is 35.6. The molecule has 6 heteroatoms. The van der Waals surface area contributed by atoms with E-state index >= 15 is 0 Å². The fraction of sp³-hybridized carbons (Fsp3) is 0.143. The van der Waals surface area contributed by atoms with E-state index in [1.165, 1.54) is 18.2 Å². The Balaban J connectivity index is 2.81. The molecule has 0 saturated heterocycles. The minimum Gasteiger partial charge on any atom is -0.284 e. The van der Waals surface area contributed by atoms with E-state index in [1.54, 1.807) is 0 Å². The third-order valence-electron chi connectivity index (χ3n) is 1.37. The summed E-state index contributed by atoms with van der Waals surface area (Å²) in [6.07, 6.45) is 0. The van der Waals surface area contributed by atoms with Crippen LogP contribution in [0, 0.1) is 5.82 Å². The van der Waals surface area contributed by atoms with Crippen LogP contribution in [0.5, 0.6) is 0 Å². The first kappa shape index (κ1) is 10.6. The van der Waals surface area contributed by atoms with Gasteiger partial charge < -0.3 is 0 Å². The number of benzene rings is 1. The van der Waals surface area contributed by atoms with Crippen molar-refractivity contribution >= 4 is 23.0 Å². The van der Waals surface area contributed by atoms with Gasteiger partial charge >= 0.3 is 11.4 Å². The summed E-state index contributed by atoms with van der Waals surface area (Å²) in [7, 11) is 0. The topological polar surface area (TPSA) is 46.5 Å². The van der Waals surface area contributed by atoms with E-state index in [0.717, 1.165) is 0 Å². The number of hydrogen-bond acceptors (Lipinski definition) is 2. The van der Waals surface area contributed by atoms with Gasteiger partial charge in [-0.1, -0.05) is 17.7 Å². The Morgan fingerprint density at radius 3 is 2.85 bits per heavy atom. The smallest absolute Gasteiger partial charge is 0.284 e. The van der Waals surface area contributed by atoms with Gasteiger partial charge in [-0.05, 0) is 12.1 Å². The third kappa shape index (κ3) is 3.04. The van der Waals surface area contributed by atoms with Crippen molar-refractivity contribution in [3.05, 3.63) is 34.6 Å². The third-order valence-corrected chi connectivity index (χ3v) is 2.04. The Hall–Kier alpha value is -0.490. The molecule has 0 fully saturated rings. The van der Waals surface area contributed by atoms with Gasteiger partial charge in [0, 0.05) is 10.6 Å². The summed E-state index contributed by atoms with van der Waals surface area (Å²) in [6, 6.07) is 4.12. The largest absolute Gasteiger partial charge is 0.302 e. The summed E-state index contributed by atoms with van der Waals surface area (Å²) in [5, 5.41) is 0.172. The molecule has 1 aromatic rings. The van der Waals surface area contributed by atoms with Crippen molar-refractivity contribution in [1.29, 1.82) is 0 Å². The second-order valence-electron chi connectivity index (χ2n) is 2.18. The van der Waals surface area contributed by atoms with E-state index in [-0.39, 0.29) is 17.2 Å². The summed E-state index contributed by atoms with van der Waals surface area (Å²) in [6.45, 7) is -0.325. The van der Waals surface area contributed by atoms with Crippen LogP contribution in [0.2, 0.25) is 5.02 Å². The first-order chi connectivity index (χ1) is 6.11. The lowest BCUT2D eigenvalue weighted by molar-refractivity contribution is 0.292. The second-order valence-corrected chi connectivity index (χ2v) is 3.26. The van der Waals surface area contributed by atoms with Crippen LogP contribution in [0.25, 0.3) is 0 Å². The van der Waals surface area contributed by atoms with Crippen molar-refractivity contribution in [2.45, 2.75) is 6.61 Å².